The Morgan fingerprint density at radius 1 is 1.14 bits per heavy atom. The van der Waals surface area contributed by atoms with Gasteiger partial charge in [0.2, 0.25) is 0 Å². The molecule has 0 spiro atoms. The van der Waals surface area contributed by atoms with Crippen LogP contribution in [0.5, 0.6) is 0 Å². The van der Waals surface area contributed by atoms with E-state index in [1.807, 2.05) is 38.1 Å². The van der Waals surface area contributed by atoms with Crippen molar-refractivity contribution in [3.05, 3.63) is 40.4 Å². The van der Waals surface area contributed by atoms with Crippen LogP contribution in [0, 0.1) is 0 Å². The lowest BCUT2D eigenvalue weighted by atomic mass is 9.93. The van der Waals surface area contributed by atoms with Gasteiger partial charge in [-0.2, -0.15) is 0 Å². The summed E-state index contributed by atoms with van der Waals surface area (Å²) < 4.78 is 0. The van der Waals surface area contributed by atoms with Gasteiger partial charge in [0.1, 0.15) is 0 Å². The first-order valence-electron chi connectivity index (χ1n) is 7.26. The van der Waals surface area contributed by atoms with Gasteiger partial charge < -0.3 is 4.90 Å². The number of carbonyl (C=O) groups excluding carboxylic acids is 2. The van der Waals surface area contributed by atoms with E-state index in [1.54, 1.807) is 12.1 Å². The molecule has 0 bridgehead atoms. The zero-order valence-corrected chi connectivity index (χ0v) is 13.6. The van der Waals surface area contributed by atoms with Crippen molar-refractivity contribution in [2.45, 2.75) is 13.3 Å². The summed E-state index contributed by atoms with van der Waals surface area (Å²) in [5.74, 6) is -0.478. The number of carbonyl (C=O) groups is 2. The third kappa shape index (κ3) is 1.98. The van der Waals surface area contributed by atoms with Gasteiger partial charge in [0.25, 0.3) is 11.8 Å². The van der Waals surface area contributed by atoms with Crippen LogP contribution in [0.3, 0.4) is 0 Å². The van der Waals surface area contributed by atoms with E-state index in [0.29, 0.717) is 28.1 Å². The molecule has 1 aliphatic rings. The smallest absolute Gasteiger partial charge is 0.261 e. The molecule has 3 rings (SSSR count). The van der Waals surface area contributed by atoms with Crippen LogP contribution in [0.1, 0.15) is 34.1 Å². The number of benzene rings is 2. The van der Waals surface area contributed by atoms with Gasteiger partial charge in [-0.1, -0.05) is 30.7 Å². The van der Waals surface area contributed by atoms with Crippen LogP contribution < -0.4 is 4.90 Å². The van der Waals surface area contributed by atoms with Crippen molar-refractivity contribution >= 4 is 39.9 Å². The molecule has 5 heteroatoms. The molecule has 2 aromatic carbocycles. The van der Waals surface area contributed by atoms with Crippen molar-refractivity contribution in [3.63, 3.8) is 0 Å². The number of imide groups is 1. The zero-order valence-electron chi connectivity index (χ0n) is 12.8. The quantitative estimate of drug-likeness (QED) is 0.813. The second-order valence-electron chi connectivity index (χ2n) is 5.64. The molecule has 0 aliphatic carbocycles. The van der Waals surface area contributed by atoms with Crippen molar-refractivity contribution in [2.75, 3.05) is 25.5 Å². The van der Waals surface area contributed by atoms with Gasteiger partial charge in [-0.05, 0) is 18.6 Å². The van der Waals surface area contributed by atoms with E-state index in [9.17, 15) is 9.59 Å². The number of halogens is 1. The standard InChI is InChI=1S/C17H17ClN2O2/c1-4-8-20-16(21)11-7-5-6-10-14(11)12(17(20)22)9-13(15(10)18)19(2)3/h5-7,9H,4,8H2,1-3H3. The van der Waals surface area contributed by atoms with Crippen LogP contribution in [0.25, 0.3) is 10.8 Å². The SMILES string of the molecule is CCCN1C(=O)c2cccc3c(Cl)c(N(C)C)cc(c23)C1=O. The summed E-state index contributed by atoms with van der Waals surface area (Å²) >= 11 is 6.48. The molecule has 0 fully saturated rings. The average Bonchev–Trinajstić information content (AvgIpc) is 2.50. The van der Waals surface area contributed by atoms with Crippen LogP contribution in [0.2, 0.25) is 5.02 Å². The Balaban J connectivity index is 2.38. The van der Waals surface area contributed by atoms with E-state index in [2.05, 4.69) is 0 Å². The third-order valence-corrected chi connectivity index (χ3v) is 4.35. The first-order valence-corrected chi connectivity index (χ1v) is 7.64. The Morgan fingerprint density at radius 3 is 2.45 bits per heavy atom. The summed E-state index contributed by atoms with van der Waals surface area (Å²) in [6, 6.07) is 7.21. The van der Waals surface area contributed by atoms with Crippen LogP contribution in [0.4, 0.5) is 5.69 Å². The molecule has 0 atom stereocenters. The molecule has 0 radical (unpaired) electrons. The summed E-state index contributed by atoms with van der Waals surface area (Å²) in [4.78, 5) is 28.5. The van der Waals surface area contributed by atoms with Crippen molar-refractivity contribution in [1.82, 2.24) is 4.90 Å². The van der Waals surface area contributed by atoms with Crippen LogP contribution in [-0.4, -0.2) is 37.4 Å². The normalized spacial score (nSPS) is 13.9. The Morgan fingerprint density at radius 2 is 1.82 bits per heavy atom. The van der Waals surface area contributed by atoms with Crippen molar-refractivity contribution < 1.29 is 9.59 Å². The maximum absolute atomic E-state index is 12.7. The van der Waals surface area contributed by atoms with Crippen LogP contribution >= 0.6 is 11.6 Å². The lowest BCUT2D eigenvalue weighted by Crippen LogP contribution is -2.40. The van der Waals surface area contributed by atoms with E-state index in [1.165, 1.54) is 4.90 Å². The van der Waals surface area contributed by atoms with Gasteiger partial charge in [-0.15, -0.1) is 0 Å². The number of rotatable bonds is 3. The number of hydrogen-bond acceptors (Lipinski definition) is 3. The fourth-order valence-corrected chi connectivity index (χ4v) is 3.30. The summed E-state index contributed by atoms with van der Waals surface area (Å²) in [6.45, 7) is 2.37. The second kappa shape index (κ2) is 5.29. The maximum Gasteiger partial charge on any atom is 0.261 e. The number of nitrogens with zero attached hydrogens (tertiary/aromatic N) is 2. The topological polar surface area (TPSA) is 40.6 Å². The highest BCUT2D eigenvalue weighted by Gasteiger charge is 2.33. The molecule has 0 unspecified atom stereocenters. The molecule has 2 aromatic rings. The number of hydrogen-bond donors (Lipinski definition) is 0. The molecule has 0 saturated heterocycles. The maximum atomic E-state index is 12.7. The van der Waals surface area contributed by atoms with Gasteiger partial charge in [0, 0.05) is 37.0 Å². The fraction of sp³-hybridized carbons (Fsp3) is 0.294. The van der Waals surface area contributed by atoms with E-state index < -0.39 is 0 Å². The van der Waals surface area contributed by atoms with Gasteiger partial charge in [0.05, 0.1) is 16.3 Å². The molecule has 0 saturated carbocycles. The molecular weight excluding hydrogens is 300 g/mol. The molecule has 2 amide bonds. The highest BCUT2D eigenvalue weighted by molar-refractivity contribution is 6.40. The average molecular weight is 317 g/mol. The number of amides is 2. The third-order valence-electron chi connectivity index (χ3n) is 3.96. The highest BCUT2D eigenvalue weighted by atomic mass is 35.5. The minimum absolute atomic E-state index is 0.237. The lowest BCUT2D eigenvalue weighted by molar-refractivity contribution is 0.0611. The van der Waals surface area contributed by atoms with E-state index in [4.69, 9.17) is 11.6 Å². The van der Waals surface area contributed by atoms with E-state index >= 15 is 0 Å². The van der Waals surface area contributed by atoms with Gasteiger partial charge in [-0.25, -0.2) is 0 Å². The molecule has 114 valence electrons. The molecule has 1 heterocycles. The van der Waals surface area contributed by atoms with Gasteiger partial charge in [0.15, 0.2) is 0 Å². The minimum atomic E-state index is -0.240. The predicted octanol–water partition coefficient (Wildman–Crippen LogP) is 3.57. The monoisotopic (exact) mass is 316 g/mol. The summed E-state index contributed by atoms with van der Waals surface area (Å²) in [5.41, 5.74) is 1.87. The highest BCUT2D eigenvalue weighted by Crippen LogP contribution is 2.39. The molecule has 4 nitrogen and oxygen atoms in total. The van der Waals surface area contributed by atoms with E-state index in [-0.39, 0.29) is 11.8 Å². The molecular formula is C17H17ClN2O2. The zero-order chi connectivity index (χ0) is 16.0. The fourth-order valence-electron chi connectivity index (χ4n) is 2.92. The first-order chi connectivity index (χ1) is 10.5. The minimum Gasteiger partial charge on any atom is -0.376 e. The molecule has 22 heavy (non-hydrogen) atoms. The molecule has 1 aliphatic heterocycles. The first kappa shape index (κ1) is 14.9. The predicted molar refractivity (Wildman–Crippen MR) is 88.9 cm³/mol. The van der Waals surface area contributed by atoms with Crippen LogP contribution in [-0.2, 0) is 0 Å². The lowest BCUT2D eigenvalue weighted by Gasteiger charge is -2.28. The van der Waals surface area contributed by atoms with Gasteiger partial charge >= 0.3 is 0 Å². The number of anilines is 1. The second-order valence-corrected chi connectivity index (χ2v) is 6.02. The molecule has 0 aromatic heterocycles. The molecule has 0 N–H and O–H groups in total. The summed E-state index contributed by atoms with van der Waals surface area (Å²) in [5, 5.41) is 1.98. The summed E-state index contributed by atoms with van der Waals surface area (Å²) in [6.07, 6.45) is 0.733. The Bertz CT molecular complexity index is 799. The largest absolute Gasteiger partial charge is 0.376 e. The van der Waals surface area contributed by atoms with E-state index in [0.717, 1.165) is 17.5 Å². The Hall–Kier alpha value is -2.07. The summed E-state index contributed by atoms with van der Waals surface area (Å²) in [7, 11) is 3.76. The van der Waals surface area contributed by atoms with Crippen molar-refractivity contribution in [1.29, 1.82) is 0 Å². The van der Waals surface area contributed by atoms with Crippen LogP contribution in [0.15, 0.2) is 24.3 Å². The van der Waals surface area contributed by atoms with Crippen molar-refractivity contribution in [3.8, 4) is 0 Å². The van der Waals surface area contributed by atoms with Gasteiger partial charge in [-0.3, -0.25) is 14.5 Å². The van der Waals surface area contributed by atoms with Crippen molar-refractivity contribution in [2.24, 2.45) is 0 Å². The Labute approximate surface area is 134 Å². The Kier molecular flexibility index (Phi) is 3.57.